The molecule has 25 heavy (non-hydrogen) atoms. The van der Waals surface area contributed by atoms with Crippen LogP contribution in [0.3, 0.4) is 0 Å². The second kappa shape index (κ2) is 7.65. The number of allylic oxidation sites excluding steroid dienone is 1. The lowest BCUT2D eigenvalue weighted by Crippen LogP contribution is -2.45. The number of hydrogen-bond donors (Lipinski definition) is 3. The van der Waals surface area contributed by atoms with Crippen LogP contribution in [0.25, 0.3) is 0 Å². The summed E-state index contributed by atoms with van der Waals surface area (Å²) in [4.78, 5) is 34.5. The molecule has 9 heteroatoms. The molecule has 1 aliphatic rings. The van der Waals surface area contributed by atoms with Gasteiger partial charge in [0.1, 0.15) is 0 Å². The van der Waals surface area contributed by atoms with Gasteiger partial charge in [-0.15, -0.1) is 0 Å². The Balaban J connectivity index is 2.40. The standard InChI is InChI=1S/C16H19N3O6/c1-3-4-7-25-15(21)13-9(2)17-16(22)18-14(13)10-5-6-12(20)11(8-10)19(23)24/h5-6,8,14,20H,3-4,7H2,1-2H3,(H2,17,18,22)/t14-/m0/s1. The van der Waals surface area contributed by atoms with E-state index < -0.39 is 34.4 Å². The van der Waals surface area contributed by atoms with Crippen molar-refractivity contribution >= 4 is 17.7 Å². The van der Waals surface area contributed by atoms with Crippen molar-refractivity contribution in [3.63, 3.8) is 0 Å². The number of unbranched alkanes of at least 4 members (excludes halogenated alkanes) is 1. The molecule has 1 aromatic carbocycles. The molecule has 1 atom stereocenters. The number of benzene rings is 1. The van der Waals surface area contributed by atoms with Crippen LogP contribution in [0.2, 0.25) is 0 Å². The molecule has 0 radical (unpaired) electrons. The smallest absolute Gasteiger partial charge is 0.338 e. The van der Waals surface area contributed by atoms with Crippen molar-refractivity contribution < 1.29 is 24.4 Å². The lowest BCUT2D eigenvalue weighted by atomic mass is 9.95. The van der Waals surface area contributed by atoms with Crippen LogP contribution in [-0.2, 0) is 9.53 Å². The molecule has 3 N–H and O–H groups in total. The van der Waals surface area contributed by atoms with Gasteiger partial charge in [-0.2, -0.15) is 0 Å². The van der Waals surface area contributed by atoms with Gasteiger partial charge >= 0.3 is 17.7 Å². The summed E-state index contributed by atoms with van der Waals surface area (Å²) in [6.45, 7) is 3.75. The number of nitro benzene ring substituents is 1. The number of aromatic hydroxyl groups is 1. The van der Waals surface area contributed by atoms with Crippen LogP contribution in [0.1, 0.15) is 38.3 Å². The van der Waals surface area contributed by atoms with E-state index in [-0.39, 0.29) is 12.2 Å². The van der Waals surface area contributed by atoms with Gasteiger partial charge in [-0.3, -0.25) is 10.1 Å². The summed E-state index contributed by atoms with van der Waals surface area (Å²) in [5.41, 5.74) is 0.254. The zero-order valence-electron chi connectivity index (χ0n) is 13.9. The van der Waals surface area contributed by atoms with Crippen molar-refractivity contribution in [3.8, 4) is 5.75 Å². The highest BCUT2D eigenvalue weighted by atomic mass is 16.6. The molecule has 0 saturated heterocycles. The third kappa shape index (κ3) is 4.06. The van der Waals surface area contributed by atoms with Gasteiger partial charge in [0.05, 0.1) is 23.1 Å². The first-order valence-electron chi connectivity index (χ1n) is 7.77. The fourth-order valence-corrected chi connectivity index (χ4v) is 2.47. The number of ether oxygens (including phenoxy) is 1. The summed E-state index contributed by atoms with van der Waals surface area (Å²) in [6.07, 6.45) is 1.56. The fourth-order valence-electron chi connectivity index (χ4n) is 2.47. The number of urea groups is 1. The minimum Gasteiger partial charge on any atom is -0.502 e. The largest absolute Gasteiger partial charge is 0.502 e. The van der Waals surface area contributed by atoms with E-state index >= 15 is 0 Å². The molecule has 2 rings (SSSR count). The monoisotopic (exact) mass is 349 g/mol. The van der Waals surface area contributed by atoms with Crippen molar-refractivity contribution in [2.45, 2.75) is 32.7 Å². The second-order valence-electron chi connectivity index (χ2n) is 5.56. The number of nitrogens with zero attached hydrogens (tertiary/aromatic N) is 1. The topological polar surface area (TPSA) is 131 Å². The average molecular weight is 349 g/mol. The third-order valence-corrected chi connectivity index (χ3v) is 3.75. The number of carbonyl (C=O) groups excluding carboxylic acids is 2. The number of rotatable bonds is 6. The third-order valence-electron chi connectivity index (χ3n) is 3.75. The Labute approximate surface area is 143 Å². The highest BCUT2D eigenvalue weighted by Crippen LogP contribution is 2.33. The highest BCUT2D eigenvalue weighted by molar-refractivity contribution is 5.95. The predicted octanol–water partition coefficient (Wildman–Crippen LogP) is 2.27. The van der Waals surface area contributed by atoms with Crippen molar-refractivity contribution in [2.75, 3.05) is 6.61 Å². The summed E-state index contributed by atoms with van der Waals surface area (Å²) < 4.78 is 5.21. The Morgan fingerprint density at radius 1 is 1.44 bits per heavy atom. The first-order valence-corrected chi connectivity index (χ1v) is 7.77. The van der Waals surface area contributed by atoms with Gasteiger partial charge in [-0.1, -0.05) is 19.4 Å². The maximum absolute atomic E-state index is 12.4. The van der Waals surface area contributed by atoms with Crippen LogP contribution in [0.15, 0.2) is 29.5 Å². The number of hydrogen-bond acceptors (Lipinski definition) is 6. The van der Waals surface area contributed by atoms with Gasteiger partial charge in [0.15, 0.2) is 5.75 Å². The molecule has 1 aromatic rings. The quantitative estimate of drug-likeness (QED) is 0.312. The minimum atomic E-state index is -0.915. The van der Waals surface area contributed by atoms with E-state index in [1.54, 1.807) is 6.92 Å². The van der Waals surface area contributed by atoms with Crippen molar-refractivity contribution in [1.29, 1.82) is 0 Å². The summed E-state index contributed by atoms with van der Waals surface area (Å²) >= 11 is 0. The molecule has 0 aliphatic carbocycles. The number of amides is 2. The Kier molecular flexibility index (Phi) is 5.58. The Hall–Kier alpha value is -3.10. The fraction of sp³-hybridized carbons (Fsp3) is 0.375. The minimum absolute atomic E-state index is 0.163. The molecule has 2 amide bonds. The molecule has 0 spiro atoms. The maximum atomic E-state index is 12.4. The van der Waals surface area contributed by atoms with E-state index in [0.717, 1.165) is 18.6 Å². The van der Waals surface area contributed by atoms with Gasteiger partial charge in [-0.05, 0) is 25.0 Å². The molecule has 1 aliphatic heterocycles. The van der Waals surface area contributed by atoms with Crippen LogP contribution in [0.5, 0.6) is 5.75 Å². The molecular formula is C16H19N3O6. The van der Waals surface area contributed by atoms with E-state index in [9.17, 15) is 24.8 Å². The number of carbonyl (C=O) groups is 2. The van der Waals surface area contributed by atoms with Crippen LogP contribution >= 0.6 is 0 Å². The van der Waals surface area contributed by atoms with Crippen molar-refractivity contribution in [3.05, 3.63) is 45.1 Å². The van der Waals surface area contributed by atoms with Gasteiger partial charge in [0.25, 0.3) is 0 Å². The summed E-state index contributed by atoms with van der Waals surface area (Å²) in [5.74, 6) is -1.11. The summed E-state index contributed by atoms with van der Waals surface area (Å²) in [7, 11) is 0. The van der Waals surface area contributed by atoms with E-state index in [1.807, 2.05) is 6.92 Å². The number of nitro groups is 1. The van der Waals surface area contributed by atoms with Gasteiger partial charge < -0.3 is 20.5 Å². The van der Waals surface area contributed by atoms with E-state index in [4.69, 9.17) is 4.74 Å². The summed E-state index contributed by atoms with van der Waals surface area (Å²) in [6, 6.07) is 2.23. The average Bonchev–Trinajstić information content (AvgIpc) is 2.54. The number of phenols is 1. The predicted molar refractivity (Wildman–Crippen MR) is 87.7 cm³/mol. The molecule has 0 unspecified atom stereocenters. The van der Waals surface area contributed by atoms with Crippen molar-refractivity contribution in [1.82, 2.24) is 10.6 Å². The molecule has 0 bridgehead atoms. The number of nitrogens with one attached hydrogen (secondary N) is 2. The Bertz CT molecular complexity index is 743. The van der Waals surface area contributed by atoms with Gasteiger partial charge in [0, 0.05) is 11.8 Å². The molecule has 0 aromatic heterocycles. The first-order chi connectivity index (χ1) is 11.8. The lowest BCUT2D eigenvalue weighted by Gasteiger charge is -2.28. The molecule has 0 saturated carbocycles. The highest BCUT2D eigenvalue weighted by Gasteiger charge is 2.33. The first kappa shape index (κ1) is 18.2. The normalized spacial score (nSPS) is 16.9. The van der Waals surface area contributed by atoms with Crippen LogP contribution in [-0.4, -0.2) is 28.6 Å². The van der Waals surface area contributed by atoms with Crippen molar-refractivity contribution in [2.24, 2.45) is 0 Å². The molecule has 9 nitrogen and oxygen atoms in total. The zero-order chi connectivity index (χ0) is 18.6. The van der Waals surface area contributed by atoms with E-state index in [2.05, 4.69) is 10.6 Å². The Morgan fingerprint density at radius 3 is 2.80 bits per heavy atom. The maximum Gasteiger partial charge on any atom is 0.338 e. The van der Waals surface area contributed by atoms with Gasteiger partial charge in [-0.25, -0.2) is 9.59 Å². The van der Waals surface area contributed by atoms with E-state index in [1.165, 1.54) is 6.07 Å². The Morgan fingerprint density at radius 2 is 2.16 bits per heavy atom. The van der Waals surface area contributed by atoms with E-state index in [0.29, 0.717) is 17.7 Å². The molecular weight excluding hydrogens is 330 g/mol. The van der Waals surface area contributed by atoms with Crippen LogP contribution in [0, 0.1) is 10.1 Å². The second-order valence-corrected chi connectivity index (χ2v) is 5.56. The SMILES string of the molecule is CCCCOC(=O)C1=C(C)NC(=O)N[C@H]1c1ccc(O)c([N+](=O)[O-])c1. The van der Waals surface area contributed by atoms with Crippen LogP contribution < -0.4 is 10.6 Å². The lowest BCUT2D eigenvalue weighted by molar-refractivity contribution is -0.385. The molecule has 1 heterocycles. The molecule has 0 fully saturated rings. The zero-order valence-corrected chi connectivity index (χ0v) is 13.9. The van der Waals surface area contributed by atoms with Gasteiger partial charge in [0.2, 0.25) is 0 Å². The summed E-state index contributed by atoms with van der Waals surface area (Å²) in [5, 5.41) is 25.7. The van der Waals surface area contributed by atoms with Crippen LogP contribution in [0.4, 0.5) is 10.5 Å². The number of phenolic OH excluding ortho intramolecular Hbond substituents is 1. The molecule has 134 valence electrons. The number of esters is 1.